The van der Waals surface area contributed by atoms with Crippen LogP contribution in [0.1, 0.15) is 37.3 Å². The number of nitrogens with one attached hydrogen (secondary N) is 1. The van der Waals surface area contributed by atoms with Gasteiger partial charge in [0.05, 0.1) is 0 Å². The molecule has 1 N–H and O–H groups in total. The highest BCUT2D eigenvalue weighted by atomic mass is 15.5. The first-order chi connectivity index (χ1) is 7.90. The van der Waals surface area contributed by atoms with Crippen LogP contribution >= 0.6 is 0 Å². The summed E-state index contributed by atoms with van der Waals surface area (Å²) in [5, 5.41) is 2.37. The number of aryl methyl sites for hydroxylation is 1. The average molecular weight is 218 g/mol. The molecule has 0 bridgehead atoms. The van der Waals surface area contributed by atoms with Crippen molar-refractivity contribution >= 4 is 0 Å². The highest BCUT2D eigenvalue weighted by Crippen LogP contribution is 2.11. The quantitative estimate of drug-likeness (QED) is 0.836. The van der Waals surface area contributed by atoms with Gasteiger partial charge in [0.25, 0.3) is 0 Å². The molecule has 2 heteroatoms. The van der Waals surface area contributed by atoms with Crippen LogP contribution in [0.4, 0.5) is 0 Å². The van der Waals surface area contributed by atoms with Crippen molar-refractivity contribution in [3.05, 3.63) is 35.4 Å². The normalized spacial score (nSPS) is 17.6. The molecule has 0 radical (unpaired) electrons. The third kappa shape index (κ3) is 3.06. The Bertz CT molecular complexity index is 316. The zero-order valence-electron chi connectivity index (χ0n) is 10.2. The van der Waals surface area contributed by atoms with E-state index in [1.807, 2.05) is 0 Å². The smallest absolute Gasteiger partial charge is 0.0356 e. The van der Waals surface area contributed by atoms with Crippen molar-refractivity contribution in [3.63, 3.8) is 0 Å². The van der Waals surface area contributed by atoms with E-state index in [4.69, 9.17) is 0 Å². The summed E-state index contributed by atoms with van der Waals surface area (Å²) in [4.78, 5) is 0. The molecule has 1 aliphatic heterocycles. The summed E-state index contributed by atoms with van der Waals surface area (Å²) in [6.45, 7) is 5.60. The second-order valence-electron chi connectivity index (χ2n) is 4.50. The van der Waals surface area contributed by atoms with Gasteiger partial charge >= 0.3 is 0 Å². The van der Waals surface area contributed by atoms with E-state index < -0.39 is 0 Å². The lowest BCUT2D eigenvalue weighted by Crippen LogP contribution is -2.41. The number of nitrogens with zero attached hydrogens (tertiary/aromatic N) is 1. The van der Waals surface area contributed by atoms with E-state index >= 15 is 0 Å². The van der Waals surface area contributed by atoms with Crippen LogP contribution in [-0.2, 0) is 13.0 Å². The van der Waals surface area contributed by atoms with Crippen LogP contribution in [-0.4, -0.2) is 18.1 Å². The Labute approximate surface area is 98.6 Å². The first kappa shape index (κ1) is 11.6. The van der Waals surface area contributed by atoms with Gasteiger partial charge < -0.3 is 0 Å². The molecular weight excluding hydrogens is 196 g/mol. The van der Waals surface area contributed by atoms with Gasteiger partial charge in [-0.3, -0.25) is 5.43 Å². The first-order valence-corrected chi connectivity index (χ1v) is 6.45. The Balaban J connectivity index is 1.88. The molecule has 88 valence electrons. The molecule has 0 unspecified atom stereocenters. The Morgan fingerprint density at radius 1 is 1.06 bits per heavy atom. The van der Waals surface area contributed by atoms with E-state index in [9.17, 15) is 0 Å². The molecule has 0 atom stereocenters. The van der Waals surface area contributed by atoms with Gasteiger partial charge in [-0.05, 0) is 30.4 Å². The molecule has 0 spiro atoms. The first-order valence-electron chi connectivity index (χ1n) is 6.45. The van der Waals surface area contributed by atoms with Crippen molar-refractivity contribution in [3.8, 4) is 0 Å². The van der Waals surface area contributed by atoms with Gasteiger partial charge in [0.2, 0.25) is 0 Å². The number of hydrogen-bond acceptors (Lipinski definition) is 2. The molecule has 1 saturated heterocycles. The van der Waals surface area contributed by atoms with E-state index in [1.165, 1.54) is 43.5 Å². The maximum atomic E-state index is 3.55. The Kier molecular flexibility index (Phi) is 4.37. The molecule has 16 heavy (non-hydrogen) atoms. The van der Waals surface area contributed by atoms with Crippen molar-refractivity contribution in [1.29, 1.82) is 0 Å². The molecule has 1 heterocycles. The van der Waals surface area contributed by atoms with Crippen molar-refractivity contribution in [2.24, 2.45) is 0 Å². The highest BCUT2D eigenvalue weighted by molar-refractivity contribution is 5.26. The lowest BCUT2D eigenvalue weighted by molar-refractivity contribution is 0.151. The number of hydrogen-bond donors (Lipinski definition) is 1. The van der Waals surface area contributed by atoms with Gasteiger partial charge in [-0.25, -0.2) is 5.01 Å². The van der Waals surface area contributed by atoms with Gasteiger partial charge in [0, 0.05) is 19.6 Å². The largest absolute Gasteiger partial charge is 0.251 e. The predicted molar refractivity (Wildman–Crippen MR) is 68.1 cm³/mol. The van der Waals surface area contributed by atoms with E-state index in [-0.39, 0.29) is 0 Å². The van der Waals surface area contributed by atoms with Crippen molar-refractivity contribution in [2.75, 3.05) is 13.1 Å². The maximum absolute atomic E-state index is 3.55. The number of piperidine rings is 1. The van der Waals surface area contributed by atoms with Gasteiger partial charge in [0.15, 0.2) is 0 Å². The van der Waals surface area contributed by atoms with Gasteiger partial charge in [-0.1, -0.05) is 37.6 Å². The number of rotatable bonds is 4. The van der Waals surface area contributed by atoms with Crippen LogP contribution in [0.3, 0.4) is 0 Å². The molecule has 2 rings (SSSR count). The molecule has 1 fully saturated rings. The number of benzene rings is 1. The van der Waals surface area contributed by atoms with Gasteiger partial charge in [-0.15, -0.1) is 0 Å². The number of hydrazine groups is 1. The standard InChI is InChI=1S/C14H22N2/c1-2-13-8-4-5-9-14(13)12-15-16-10-6-3-7-11-16/h4-5,8-9,15H,2-3,6-7,10-12H2,1H3. The van der Waals surface area contributed by atoms with Crippen LogP contribution in [0, 0.1) is 0 Å². The lowest BCUT2D eigenvalue weighted by Gasteiger charge is -2.27. The third-order valence-electron chi connectivity index (χ3n) is 3.35. The Morgan fingerprint density at radius 3 is 2.44 bits per heavy atom. The fourth-order valence-electron chi connectivity index (χ4n) is 2.32. The minimum atomic E-state index is 0.976. The highest BCUT2D eigenvalue weighted by Gasteiger charge is 2.09. The summed E-state index contributed by atoms with van der Waals surface area (Å²) in [6.07, 6.45) is 5.19. The monoisotopic (exact) mass is 218 g/mol. The topological polar surface area (TPSA) is 15.3 Å². The predicted octanol–water partition coefficient (Wildman–Crippen LogP) is 2.74. The summed E-state index contributed by atoms with van der Waals surface area (Å²) in [5.74, 6) is 0. The van der Waals surface area contributed by atoms with Crippen molar-refractivity contribution in [1.82, 2.24) is 10.4 Å². The van der Waals surface area contributed by atoms with Crippen LogP contribution < -0.4 is 5.43 Å². The summed E-state index contributed by atoms with van der Waals surface area (Å²) >= 11 is 0. The molecule has 1 aromatic carbocycles. The third-order valence-corrected chi connectivity index (χ3v) is 3.35. The van der Waals surface area contributed by atoms with E-state index in [1.54, 1.807) is 0 Å². The van der Waals surface area contributed by atoms with Gasteiger partial charge in [-0.2, -0.15) is 0 Å². The SMILES string of the molecule is CCc1ccccc1CNN1CCCCC1. The van der Waals surface area contributed by atoms with Crippen LogP contribution in [0.15, 0.2) is 24.3 Å². The maximum Gasteiger partial charge on any atom is 0.0356 e. The summed E-state index contributed by atoms with van der Waals surface area (Å²) in [7, 11) is 0. The second kappa shape index (κ2) is 6.02. The molecule has 1 aliphatic rings. The zero-order chi connectivity index (χ0) is 11.2. The Morgan fingerprint density at radius 2 is 1.75 bits per heavy atom. The molecule has 0 aliphatic carbocycles. The summed E-state index contributed by atoms with van der Waals surface area (Å²) < 4.78 is 0. The van der Waals surface area contributed by atoms with Crippen molar-refractivity contribution < 1.29 is 0 Å². The minimum absolute atomic E-state index is 0.976. The summed E-state index contributed by atoms with van der Waals surface area (Å²) in [5.41, 5.74) is 6.45. The molecule has 0 aromatic heterocycles. The zero-order valence-corrected chi connectivity index (χ0v) is 10.2. The second-order valence-corrected chi connectivity index (χ2v) is 4.50. The van der Waals surface area contributed by atoms with Gasteiger partial charge in [0.1, 0.15) is 0 Å². The molecule has 1 aromatic rings. The van der Waals surface area contributed by atoms with Crippen LogP contribution in [0.5, 0.6) is 0 Å². The van der Waals surface area contributed by atoms with E-state index in [0.717, 1.165) is 13.0 Å². The summed E-state index contributed by atoms with van der Waals surface area (Å²) in [6, 6.07) is 8.72. The van der Waals surface area contributed by atoms with Crippen LogP contribution in [0.2, 0.25) is 0 Å². The lowest BCUT2D eigenvalue weighted by atomic mass is 10.1. The molecular formula is C14H22N2. The molecule has 0 amide bonds. The van der Waals surface area contributed by atoms with Crippen molar-refractivity contribution in [2.45, 2.75) is 39.2 Å². The minimum Gasteiger partial charge on any atom is -0.251 e. The molecule has 2 nitrogen and oxygen atoms in total. The Hall–Kier alpha value is -0.860. The average Bonchev–Trinajstić information content (AvgIpc) is 2.38. The fourth-order valence-corrected chi connectivity index (χ4v) is 2.32. The van der Waals surface area contributed by atoms with E-state index in [2.05, 4.69) is 41.6 Å². The van der Waals surface area contributed by atoms with E-state index in [0.29, 0.717) is 0 Å². The van der Waals surface area contributed by atoms with Crippen LogP contribution in [0.25, 0.3) is 0 Å². The fraction of sp³-hybridized carbons (Fsp3) is 0.571. The molecule has 0 saturated carbocycles.